The van der Waals surface area contributed by atoms with Gasteiger partial charge in [0.05, 0.1) is 12.8 Å². The van der Waals surface area contributed by atoms with Crippen molar-refractivity contribution in [1.82, 2.24) is 15.0 Å². The number of nitrogens with zero attached hydrogens (tertiary/aromatic N) is 3. The molecule has 1 aromatic carbocycles. The number of aromatic hydroxyl groups is 1. The number of aryl methyl sites for hydroxylation is 1. The van der Waals surface area contributed by atoms with Crippen LogP contribution in [0.25, 0.3) is 0 Å². The first-order chi connectivity index (χ1) is 9.35. The van der Waals surface area contributed by atoms with Crippen molar-refractivity contribution in [1.29, 1.82) is 0 Å². The van der Waals surface area contributed by atoms with E-state index in [0.717, 1.165) is 4.68 Å². The molecule has 2 aromatic rings. The Bertz CT molecular complexity index is 724. The van der Waals surface area contributed by atoms with E-state index in [1.807, 2.05) is 0 Å². The second-order valence-electron chi connectivity index (χ2n) is 3.80. The minimum absolute atomic E-state index is 0.0268. The van der Waals surface area contributed by atoms with Gasteiger partial charge in [0.15, 0.2) is 4.60 Å². The van der Waals surface area contributed by atoms with Gasteiger partial charge in [0.2, 0.25) is 5.03 Å². The number of sulfonamides is 1. The van der Waals surface area contributed by atoms with Crippen LogP contribution >= 0.6 is 15.9 Å². The second kappa shape index (κ2) is 5.29. The molecule has 108 valence electrons. The first kappa shape index (κ1) is 14.6. The Balaban J connectivity index is 2.39. The average Bonchev–Trinajstić information content (AvgIpc) is 2.72. The number of phenols is 1. The van der Waals surface area contributed by atoms with E-state index in [1.54, 1.807) is 0 Å². The van der Waals surface area contributed by atoms with Crippen molar-refractivity contribution in [2.24, 2.45) is 7.05 Å². The molecule has 0 aliphatic rings. The summed E-state index contributed by atoms with van der Waals surface area (Å²) >= 11 is 3.01. The van der Waals surface area contributed by atoms with Crippen LogP contribution in [0.15, 0.2) is 27.8 Å². The number of hydrogen-bond acceptors (Lipinski definition) is 6. The molecule has 2 N–H and O–H groups in total. The zero-order valence-electron chi connectivity index (χ0n) is 10.5. The third kappa shape index (κ3) is 2.70. The summed E-state index contributed by atoms with van der Waals surface area (Å²) in [6, 6.07) is 4.21. The van der Waals surface area contributed by atoms with Gasteiger partial charge in [-0.2, -0.15) is 8.42 Å². The maximum atomic E-state index is 12.2. The Hall–Kier alpha value is -1.81. The van der Waals surface area contributed by atoms with Gasteiger partial charge in [0, 0.05) is 13.1 Å². The van der Waals surface area contributed by atoms with Crippen LogP contribution in [0.1, 0.15) is 0 Å². The van der Waals surface area contributed by atoms with Crippen molar-refractivity contribution in [3.63, 3.8) is 0 Å². The fraction of sp³-hybridized carbons (Fsp3) is 0.200. The fourth-order valence-electron chi connectivity index (χ4n) is 1.53. The Labute approximate surface area is 123 Å². The Morgan fingerprint density at radius 2 is 2.15 bits per heavy atom. The molecule has 1 heterocycles. The molecule has 10 heteroatoms. The highest BCUT2D eigenvalue weighted by Gasteiger charge is 2.24. The second-order valence-corrected chi connectivity index (χ2v) is 6.15. The first-order valence-electron chi connectivity index (χ1n) is 5.30. The summed E-state index contributed by atoms with van der Waals surface area (Å²) in [6.45, 7) is 0. The summed E-state index contributed by atoms with van der Waals surface area (Å²) in [7, 11) is -1.05. The van der Waals surface area contributed by atoms with E-state index in [1.165, 1.54) is 32.4 Å². The summed E-state index contributed by atoms with van der Waals surface area (Å²) in [5.41, 5.74) is 0.0268. The van der Waals surface area contributed by atoms with E-state index in [9.17, 15) is 13.5 Å². The molecule has 0 amide bonds. The monoisotopic (exact) mass is 362 g/mol. The van der Waals surface area contributed by atoms with Gasteiger partial charge in [0.25, 0.3) is 10.0 Å². The van der Waals surface area contributed by atoms with Gasteiger partial charge < -0.3 is 9.84 Å². The maximum absolute atomic E-state index is 12.2. The van der Waals surface area contributed by atoms with E-state index in [0.29, 0.717) is 5.75 Å². The largest absolute Gasteiger partial charge is 0.506 e. The number of hydrogen-bond donors (Lipinski definition) is 2. The normalized spacial score (nSPS) is 11.3. The molecule has 0 bridgehead atoms. The van der Waals surface area contributed by atoms with Crippen molar-refractivity contribution < 1.29 is 18.3 Å². The van der Waals surface area contributed by atoms with Gasteiger partial charge in [0.1, 0.15) is 11.5 Å². The predicted molar refractivity (Wildman–Crippen MR) is 74.2 cm³/mol. The molecule has 0 atom stereocenters. The van der Waals surface area contributed by atoms with Gasteiger partial charge in [-0.3, -0.25) is 4.72 Å². The number of ether oxygens (including phenoxy) is 1. The number of methoxy groups -OCH3 is 1. The summed E-state index contributed by atoms with van der Waals surface area (Å²) in [4.78, 5) is 0. The molecule has 8 nitrogen and oxygen atoms in total. The van der Waals surface area contributed by atoms with Crippen LogP contribution in [-0.2, 0) is 17.1 Å². The van der Waals surface area contributed by atoms with E-state index in [2.05, 4.69) is 31.0 Å². The van der Waals surface area contributed by atoms with E-state index in [-0.39, 0.29) is 21.1 Å². The molecular weight excluding hydrogens is 352 g/mol. The number of anilines is 1. The summed E-state index contributed by atoms with van der Waals surface area (Å²) < 4.78 is 32.8. The lowest BCUT2D eigenvalue weighted by molar-refractivity contribution is 0.408. The zero-order chi connectivity index (χ0) is 14.9. The average molecular weight is 363 g/mol. The molecule has 1 aromatic heterocycles. The van der Waals surface area contributed by atoms with Gasteiger partial charge in [-0.25, -0.2) is 4.68 Å². The van der Waals surface area contributed by atoms with Crippen LogP contribution in [-0.4, -0.2) is 35.6 Å². The number of rotatable bonds is 4. The molecule has 0 radical (unpaired) electrons. The van der Waals surface area contributed by atoms with Crippen molar-refractivity contribution in [3.8, 4) is 11.5 Å². The van der Waals surface area contributed by atoms with Crippen LogP contribution in [0.5, 0.6) is 11.5 Å². The zero-order valence-corrected chi connectivity index (χ0v) is 12.9. The van der Waals surface area contributed by atoms with Crippen molar-refractivity contribution >= 4 is 31.6 Å². The van der Waals surface area contributed by atoms with Crippen molar-refractivity contribution in [2.75, 3.05) is 11.8 Å². The van der Waals surface area contributed by atoms with Gasteiger partial charge >= 0.3 is 0 Å². The topological polar surface area (TPSA) is 106 Å². The first-order valence-corrected chi connectivity index (χ1v) is 7.58. The molecule has 0 spiro atoms. The molecule has 0 aliphatic heterocycles. The van der Waals surface area contributed by atoms with E-state index < -0.39 is 10.0 Å². The highest BCUT2D eigenvalue weighted by molar-refractivity contribution is 9.10. The summed E-state index contributed by atoms with van der Waals surface area (Å²) in [5, 5.41) is 16.8. The molecule has 0 saturated carbocycles. The van der Waals surface area contributed by atoms with Crippen LogP contribution in [0.4, 0.5) is 5.69 Å². The van der Waals surface area contributed by atoms with E-state index >= 15 is 0 Å². The standard InChI is InChI=1S/C10H11BrN4O4S/c1-15-10(9(11)12-14-15)20(17,18)13-7-4-3-6(19-2)5-8(7)16/h3-5,13,16H,1-2H3. The van der Waals surface area contributed by atoms with Gasteiger partial charge in [-0.1, -0.05) is 5.21 Å². The molecule has 20 heavy (non-hydrogen) atoms. The predicted octanol–water partition coefficient (Wildman–Crippen LogP) is 1.09. The summed E-state index contributed by atoms with van der Waals surface area (Å²) in [5.74, 6) is 0.160. The third-order valence-corrected chi connectivity index (χ3v) is 4.69. The molecule has 2 rings (SSSR count). The lowest BCUT2D eigenvalue weighted by Crippen LogP contribution is -2.17. The molecular formula is C10H11BrN4O4S. The minimum Gasteiger partial charge on any atom is -0.506 e. The third-order valence-electron chi connectivity index (χ3n) is 2.44. The summed E-state index contributed by atoms with van der Waals surface area (Å²) in [6.07, 6.45) is 0. The van der Waals surface area contributed by atoms with Gasteiger partial charge in [-0.05, 0) is 28.1 Å². The van der Waals surface area contributed by atoms with Crippen LogP contribution in [0.2, 0.25) is 0 Å². The van der Waals surface area contributed by atoms with Crippen molar-refractivity contribution in [2.45, 2.75) is 5.03 Å². The number of phenolic OH excluding ortho intramolecular Hbond substituents is 1. The minimum atomic E-state index is -3.93. The van der Waals surface area contributed by atoms with Crippen LogP contribution in [0.3, 0.4) is 0 Å². The lowest BCUT2D eigenvalue weighted by Gasteiger charge is -2.10. The van der Waals surface area contributed by atoms with E-state index in [4.69, 9.17) is 4.74 Å². The molecule has 0 unspecified atom stereocenters. The van der Waals surface area contributed by atoms with Crippen molar-refractivity contribution in [3.05, 3.63) is 22.8 Å². The highest BCUT2D eigenvalue weighted by Crippen LogP contribution is 2.30. The number of nitrogens with one attached hydrogen (secondary N) is 1. The number of benzene rings is 1. The SMILES string of the molecule is COc1ccc(NS(=O)(=O)c2c(Br)nnn2C)c(O)c1. The lowest BCUT2D eigenvalue weighted by atomic mass is 10.3. The molecule has 0 fully saturated rings. The van der Waals surface area contributed by atoms with Gasteiger partial charge in [-0.15, -0.1) is 5.10 Å². The molecule has 0 aliphatic carbocycles. The Morgan fingerprint density at radius 1 is 1.45 bits per heavy atom. The quantitative estimate of drug-likeness (QED) is 0.788. The molecule has 0 saturated heterocycles. The van der Waals surface area contributed by atoms with Crippen LogP contribution < -0.4 is 9.46 Å². The number of halogens is 1. The highest BCUT2D eigenvalue weighted by atomic mass is 79.9. The smallest absolute Gasteiger partial charge is 0.282 e. The number of aromatic nitrogens is 3. The van der Waals surface area contributed by atoms with Crippen LogP contribution in [0, 0.1) is 0 Å². The Kier molecular flexibility index (Phi) is 3.86. The Morgan fingerprint density at radius 3 is 2.65 bits per heavy atom. The fourth-order valence-corrected chi connectivity index (χ4v) is 3.70. The maximum Gasteiger partial charge on any atom is 0.282 e.